The van der Waals surface area contributed by atoms with E-state index in [1.165, 1.54) is 31.2 Å². The third-order valence-electron chi connectivity index (χ3n) is 3.43. The van der Waals surface area contributed by atoms with Crippen LogP contribution in [0.25, 0.3) is 0 Å². The number of hydrogen-bond acceptors (Lipinski definition) is 4. The van der Waals surface area contributed by atoms with Gasteiger partial charge >= 0.3 is 0 Å². The summed E-state index contributed by atoms with van der Waals surface area (Å²) in [6.07, 6.45) is 0.985. The van der Waals surface area contributed by atoms with Crippen LogP contribution < -0.4 is 9.62 Å². The van der Waals surface area contributed by atoms with Gasteiger partial charge in [0.15, 0.2) is 5.78 Å². The first-order valence-electron chi connectivity index (χ1n) is 7.41. The van der Waals surface area contributed by atoms with Crippen molar-refractivity contribution in [2.24, 2.45) is 0 Å². The van der Waals surface area contributed by atoms with Gasteiger partial charge in [-0.25, -0.2) is 8.42 Å². The Balaban J connectivity index is 2.23. The summed E-state index contributed by atoms with van der Waals surface area (Å²) in [6.45, 7) is 0.956. The van der Waals surface area contributed by atoms with Crippen LogP contribution in [0.3, 0.4) is 0 Å². The Labute approximate surface area is 161 Å². The molecule has 26 heavy (non-hydrogen) atoms. The molecule has 0 aromatic heterocycles. The van der Waals surface area contributed by atoms with E-state index in [9.17, 15) is 18.0 Å². The van der Waals surface area contributed by atoms with E-state index in [1.807, 2.05) is 0 Å². The molecule has 0 saturated heterocycles. The Morgan fingerprint density at radius 3 is 2.35 bits per heavy atom. The summed E-state index contributed by atoms with van der Waals surface area (Å²) in [5, 5.41) is 3.03. The minimum atomic E-state index is -3.74. The van der Waals surface area contributed by atoms with E-state index < -0.39 is 22.5 Å². The zero-order valence-corrected chi connectivity index (χ0v) is 16.3. The lowest BCUT2D eigenvalue weighted by Gasteiger charge is -2.22. The van der Waals surface area contributed by atoms with E-state index in [-0.39, 0.29) is 21.5 Å². The predicted molar refractivity (Wildman–Crippen MR) is 104 cm³/mol. The van der Waals surface area contributed by atoms with E-state index in [0.717, 1.165) is 10.6 Å². The van der Waals surface area contributed by atoms with Crippen LogP contribution in [0.1, 0.15) is 17.3 Å². The highest BCUT2D eigenvalue weighted by Crippen LogP contribution is 2.28. The van der Waals surface area contributed by atoms with Gasteiger partial charge in [-0.2, -0.15) is 0 Å². The van der Waals surface area contributed by atoms with Gasteiger partial charge in [0.2, 0.25) is 15.9 Å². The van der Waals surface area contributed by atoms with Crippen molar-refractivity contribution < 1.29 is 18.0 Å². The van der Waals surface area contributed by atoms with Gasteiger partial charge in [-0.3, -0.25) is 13.9 Å². The number of nitrogens with one attached hydrogen (secondary N) is 1. The highest BCUT2D eigenvalue weighted by atomic mass is 35.5. The van der Waals surface area contributed by atoms with Gasteiger partial charge in [0.1, 0.15) is 6.54 Å². The minimum absolute atomic E-state index is 0.144. The third-order valence-corrected chi connectivity index (χ3v) is 5.31. The number of halogens is 2. The molecule has 0 unspecified atom stereocenters. The summed E-state index contributed by atoms with van der Waals surface area (Å²) in [5.41, 5.74) is 1.05. The number of hydrogen-bond donors (Lipinski definition) is 1. The van der Waals surface area contributed by atoms with Gasteiger partial charge in [-0.15, -0.1) is 0 Å². The van der Waals surface area contributed by atoms with Crippen LogP contribution in [0.4, 0.5) is 11.4 Å². The molecule has 2 aromatic carbocycles. The van der Waals surface area contributed by atoms with Crippen LogP contribution in [0, 0.1) is 0 Å². The number of anilines is 2. The number of sulfonamides is 1. The van der Waals surface area contributed by atoms with Gasteiger partial charge in [0.05, 0.1) is 22.0 Å². The molecule has 0 aliphatic heterocycles. The molecule has 0 heterocycles. The fraction of sp³-hybridized carbons (Fsp3) is 0.176. The SMILES string of the molecule is CC(=O)c1cccc(NC(=O)CN(c2ccc(Cl)c(Cl)c2)S(C)(=O)=O)c1. The first-order valence-corrected chi connectivity index (χ1v) is 10.0. The van der Waals surface area contributed by atoms with Crippen LogP contribution >= 0.6 is 23.2 Å². The summed E-state index contributed by atoms with van der Waals surface area (Å²) < 4.78 is 25.1. The van der Waals surface area contributed by atoms with Crippen LogP contribution in [0.2, 0.25) is 10.0 Å². The number of carbonyl (C=O) groups is 2. The van der Waals surface area contributed by atoms with Gasteiger partial charge in [0.25, 0.3) is 0 Å². The van der Waals surface area contributed by atoms with Gasteiger partial charge < -0.3 is 5.32 Å². The molecule has 0 radical (unpaired) electrons. The molecule has 1 N–H and O–H groups in total. The highest BCUT2D eigenvalue weighted by molar-refractivity contribution is 7.92. The van der Waals surface area contributed by atoms with Crippen molar-refractivity contribution in [2.75, 3.05) is 22.4 Å². The first-order chi connectivity index (χ1) is 12.1. The van der Waals surface area contributed by atoms with Gasteiger partial charge in [-0.05, 0) is 37.3 Å². The second kappa shape index (κ2) is 8.07. The van der Waals surface area contributed by atoms with Gasteiger partial charge in [-0.1, -0.05) is 35.3 Å². The Hall–Kier alpha value is -2.09. The van der Waals surface area contributed by atoms with E-state index in [0.29, 0.717) is 11.3 Å². The number of nitrogens with zero attached hydrogens (tertiary/aromatic N) is 1. The summed E-state index contributed by atoms with van der Waals surface area (Å²) in [5.74, 6) is -0.711. The highest BCUT2D eigenvalue weighted by Gasteiger charge is 2.21. The van der Waals surface area contributed by atoms with Gasteiger partial charge in [0, 0.05) is 11.3 Å². The van der Waals surface area contributed by atoms with E-state index >= 15 is 0 Å². The largest absolute Gasteiger partial charge is 0.324 e. The zero-order chi connectivity index (χ0) is 19.5. The summed E-state index contributed by atoms with van der Waals surface area (Å²) in [4.78, 5) is 23.7. The Morgan fingerprint density at radius 1 is 1.08 bits per heavy atom. The third kappa shape index (κ3) is 5.20. The minimum Gasteiger partial charge on any atom is -0.324 e. The summed E-state index contributed by atoms with van der Waals surface area (Å²) >= 11 is 11.8. The Kier molecular flexibility index (Phi) is 6.28. The number of Topliss-reactive ketones (excluding diaryl/α,β-unsaturated/α-hetero) is 1. The van der Waals surface area contributed by atoms with Crippen molar-refractivity contribution in [2.45, 2.75) is 6.92 Å². The fourth-order valence-corrected chi connectivity index (χ4v) is 3.33. The number of rotatable bonds is 6. The van der Waals surface area contributed by atoms with E-state index in [1.54, 1.807) is 18.2 Å². The molecule has 2 aromatic rings. The van der Waals surface area contributed by atoms with Crippen LogP contribution in [-0.4, -0.2) is 32.9 Å². The number of amides is 1. The smallest absolute Gasteiger partial charge is 0.245 e. The number of carbonyl (C=O) groups excluding carboxylic acids is 2. The number of benzene rings is 2. The molecule has 0 aliphatic rings. The van der Waals surface area contributed by atoms with Crippen molar-refractivity contribution in [3.63, 3.8) is 0 Å². The molecular weight excluding hydrogens is 399 g/mol. The predicted octanol–water partition coefficient (Wildman–Crippen LogP) is 3.60. The van der Waals surface area contributed by atoms with Crippen molar-refractivity contribution in [1.29, 1.82) is 0 Å². The Bertz CT molecular complexity index is 961. The molecule has 0 fully saturated rings. The molecular formula is C17H16Cl2N2O4S. The maximum atomic E-state index is 12.3. The topological polar surface area (TPSA) is 83.6 Å². The van der Waals surface area contributed by atoms with Crippen molar-refractivity contribution >= 4 is 56.3 Å². The summed E-state index contributed by atoms with van der Waals surface area (Å²) in [7, 11) is -3.74. The second-order valence-electron chi connectivity index (χ2n) is 5.55. The molecule has 138 valence electrons. The standard InChI is InChI=1S/C17H16Cl2N2O4S/c1-11(22)12-4-3-5-13(8-12)20-17(23)10-21(26(2,24)25)14-6-7-15(18)16(19)9-14/h3-9H,10H2,1-2H3,(H,20,23). The summed E-state index contributed by atoms with van der Waals surface area (Å²) in [6, 6.07) is 10.6. The zero-order valence-electron chi connectivity index (χ0n) is 14.0. The van der Waals surface area contributed by atoms with Crippen molar-refractivity contribution in [1.82, 2.24) is 0 Å². The molecule has 0 aliphatic carbocycles. The molecule has 2 rings (SSSR count). The lowest BCUT2D eigenvalue weighted by Crippen LogP contribution is -2.37. The second-order valence-corrected chi connectivity index (χ2v) is 8.27. The van der Waals surface area contributed by atoms with Crippen molar-refractivity contribution in [3.05, 3.63) is 58.1 Å². The molecule has 9 heteroatoms. The first kappa shape index (κ1) is 20.2. The molecule has 1 amide bonds. The Morgan fingerprint density at radius 2 is 1.77 bits per heavy atom. The van der Waals surface area contributed by atoms with Crippen molar-refractivity contribution in [3.8, 4) is 0 Å². The fourth-order valence-electron chi connectivity index (χ4n) is 2.19. The monoisotopic (exact) mass is 414 g/mol. The van der Waals surface area contributed by atoms with Crippen LogP contribution in [-0.2, 0) is 14.8 Å². The normalized spacial score (nSPS) is 11.1. The van der Waals surface area contributed by atoms with E-state index in [2.05, 4.69) is 5.32 Å². The lowest BCUT2D eigenvalue weighted by atomic mass is 10.1. The van der Waals surface area contributed by atoms with Crippen LogP contribution in [0.15, 0.2) is 42.5 Å². The lowest BCUT2D eigenvalue weighted by molar-refractivity contribution is -0.114. The molecule has 0 atom stereocenters. The molecule has 0 spiro atoms. The molecule has 0 saturated carbocycles. The average molecular weight is 415 g/mol. The quantitative estimate of drug-likeness (QED) is 0.731. The van der Waals surface area contributed by atoms with Crippen LogP contribution in [0.5, 0.6) is 0 Å². The maximum Gasteiger partial charge on any atom is 0.245 e. The molecule has 6 nitrogen and oxygen atoms in total. The van der Waals surface area contributed by atoms with E-state index in [4.69, 9.17) is 23.2 Å². The number of ketones is 1. The average Bonchev–Trinajstić information content (AvgIpc) is 2.54. The maximum absolute atomic E-state index is 12.3. The molecule has 0 bridgehead atoms.